The zero-order chi connectivity index (χ0) is 15.5. The summed E-state index contributed by atoms with van der Waals surface area (Å²) < 4.78 is 2.20. The fourth-order valence-electron chi connectivity index (χ4n) is 3.20. The second-order valence-electron chi connectivity index (χ2n) is 5.88. The number of anilines is 1. The van der Waals surface area contributed by atoms with E-state index in [0.717, 1.165) is 24.1 Å². The third kappa shape index (κ3) is 2.95. The molecule has 1 heterocycles. The van der Waals surface area contributed by atoms with Gasteiger partial charge in [-0.25, -0.2) is 4.98 Å². The van der Waals surface area contributed by atoms with Crippen LogP contribution in [-0.2, 0) is 0 Å². The van der Waals surface area contributed by atoms with Gasteiger partial charge in [0.1, 0.15) is 6.07 Å². The first-order valence-electron chi connectivity index (χ1n) is 7.62. The van der Waals surface area contributed by atoms with E-state index in [-0.39, 0.29) is 0 Å². The quantitative estimate of drug-likeness (QED) is 0.918. The molecule has 0 aliphatic heterocycles. The maximum absolute atomic E-state index is 9.03. The Hall–Kier alpha value is -1.99. The van der Waals surface area contributed by atoms with E-state index in [2.05, 4.69) is 20.9 Å². The van der Waals surface area contributed by atoms with Crippen LogP contribution in [0.2, 0.25) is 5.02 Å². The van der Waals surface area contributed by atoms with Crippen molar-refractivity contribution >= 4 is 17.3 Å². The largest absolute Gasteiger partial charge is 0.382 e. The van der Waals surface area contributed by atoms with Crippen LogP contribution in [0.3, 0.4) is 0 Å². The van der Waals surface area contributed by atoms with Crippen molar-refractivity contribution in [1.82, 2.24) is 9.55 Å². The van der Waals surface area contributed by atoms with Gasteiger partial charge in [0.2, 0.25) is 0 Å². The molecular weight excluding hydrogens is 296 g/mol. The van der Waals surface area contributed by atoms with Gasteiger partial charge in [0, 0.05) is 30.2 Å². The zero-order valence-electron chi connectivity index (χ0n) is 12.6. The lowest BCUT2D eigenvalue weighted by atomic mass is 9.90. The van der Waals surface area contributed by atoms with Gasteiger partial charge in [-0.15, -0.1) is 0 Å². The summed E-state index contributed by atoms with van der Waals surface area (Å²) in [5.74, 6) is 0. The first-order chi connectivity index (χ1) is 10.7. The van der Waals surface area contributed by atoms with Crippen molar-refractivity contribution in [2.24, 2.45) is 0 Å². The van der Waals surface area contributed by atoms with Gasteiger partial charge >= 0.3 is 0 Å². The topological polar surface area (TPSA) is 53.6 Å². The monoisotopic (exact) mass is 314 g/mol. The summed E-state index contributed by atoms with van der Waals surface area (Å²) >= 11 is 6.25. The van der Waals surface area contributed by atoms with Gasteiger partial charge in [0.25, 0.3) is 0 Å². The summed E-state index contributed by atoms with van der Waals surface area (Å²) in [5, 5.41) is 13.2. The number of benzene rings is 1. The standard InChI is InChI=1S/C17H19ClN4/c1-12-16(6-5-13(10-19)17(12)18)21-14-3-2-4-15(9-14)22-8-7-20-11-22/h5-8,11,14-15,21H,2-4,9H2,1H3. The normalized spacial score (nSPS) is 21.3. The average molecular weight is 315 g/mol. The van der Waals surface area contributed by atoms with Crippen LogP contribution >= 0.6 is 11.6 Å². The zero-order valence-corrected chi connectivity index (χ0v) is 13.3. The Morgan fingerprint density at radius 3 is 3.00 bits per heavy atom. The molecule has 0 spiro atoms. The number of nitrogens with one attached hydrogen (secondary N) is 1. The minimum atomic E-state index is 0.420. The Kier molecular flexibility index (Phi) is 4.35. The lowest BCUT2D eigenvalue weighted by Crippen LogP contribution is -2.28. The fraction of sp³-hybridized carbons (Fsp3) is 0.412. The number of halogens is 1. The smallest absolute Gasteiger partial charge is 0.101 e. The van der Waals surface area contributed by atoms with Gasteiger partial charge in [-0.2, -0.15) is 5.26 Å². The average Bonchev–Trinajstić information content (AvgIpc) is 3.07. The highest BCUT2D eigenvalue weighted by Crippen LogP contribution is 2.33. The first-order valence-corrected chi connectivity index (χ1v) is 8.00. The van der Waals surface area contributed by atoms with Crippen LogP contribution in [0.1, 0.15) is 42.9 Å². The minimum Gasteiger partial charge on any atom is -0.382 e. The van der Waals surface area contributed by atoms with Gasteiger partial charge in [0.05, 0.1) is 16.9 Å². The fourth-order valence-corrected chi connectivity index (χ4v) is 3.41. The minimum absolute atomic E-state index is 0.420. The van der Waals surface area contributed by atoms with Crippen molar-refractivity contribution < 1.29 is 0 Å². The van der Waals surface area contributed by atoms with Gasteiger partial charge in [0.15, 0.2) is 0 Å². The van der Waals surface area contributed by atoms with Gasteiger partial charge < -0.3 is 9.88 Å². The summed E-state index contributed by atoms with van der Waals surface area (Å²) in [4.78, 5) is 4.15. The summed E-state index contributed by atoms with van der Waals surface area (Å²) in [7, 11) is 0. The molecule has 0 saturated heterocycles. The molecule has 1 aliphatic carbocycles. The number of imidazole rings is 1. The molecule has 0 amide bonds. The van der Waals surface area contributed by atoms with Gasteiger partial charge in [-0.1, -0.05) is 11.6 Å². The molecule has 0 radical (unpaired) electrons. The Morgan fingerprint density at radius 2 is 2.27 bits per heavy atom. The highest BCUT2D eigenvalue weighted by molar-refractivity contribution is 6.32. The highest BCUT2D eigenvalue weighted by atomic mass is 35.5. The Morgan fingerprint density at radius 1 is 1.41 bits per heavy atom. The molecule has 0 bridgehead atoms. The van der Waals surface area contributed by atoms with Crippen molar-refractivity contribution in [3.63, 3.8) is 0 Å². The molecule has 5 heteroatoms. The number of hydrogen-bond donors (Lipinski definition) is 1. The van der Waals surface area contributed by atoms with Crippen molar-refractivity contribution in [3.05, 3.63) is 47.0 Å². The van der Waals surface area contributed by atoms with Crippen molar-refractivity contribution in [2.75, 3.05) is 5.32 Å². The third-order valence-corrected chi connectivity index (χ3v) is 4.95. The molecule has 2 aromatic rings. The summed E-state index contributed by atoms with van der Waals surface area (Å²) in [6.45, 7) is 1.96. The van der Waals surface area contributed by atoms with E-state index in [9.17, 15) is 0 Å². The van der Waals surface area contributed by atoms with Crippen LogP contribution in [-0.4, -0.2) is 15.6 Å². The molecule has 22 heavy (non-hydrogen) atoms. The maximum Gasteiger partial charge on any atom is 0.101 e. The number of rotatable bonds is 3. The van der Waals surface area contributed by atoms with Crippen LogP contribution in [0.5, 0.6) is 0 Å². The lowest BCUT2D eigenvalue weighted by Gasteiger charge is -2.31. The molecule has 4 nitrogen and oxygen atoms in total. The van der Waals surface area contributed by atoms with E-state index in [1.807, 2.05) is 31.7 Å². The molecular formula is C17H19ClN4. The van der Waals surface area contributed by atoms with Crippen LogP contribution in [0.25, 0.3) is 0 Å². The molecule has 1 fully saturated rings. The first kappa shape index (κ1) is 14.9. The second-order valence-corrected chi connectivity index (χ2v) is 6.26. The molecule has 3 rings (SSSR count). The molecule has 1 aromatic carbocycles. The van der Waals surface area contributed by atoms with Gasteiger partial charge in [-0.3, -0.25) is 0 Å². The summed E-state index contributed by atoms with van der Waals surface area (Å²) in [6.07, 6.45) is 10.4. The molecule has 1 saturated carbocycles. The van der Waals surface area contributed by atoms with E-state index < -0.39 is 0 Å². The Balaban J connectivity index is 1.73. The molecule has 1 aliphatic rings. The molecule has 2 atom stereocenters. The lowest BCUT2D eigenvalue weighted by molar-refractivity contribution is 0.331. The molecule has 1 N–H and O–H groups in total. The maximum atomic E-state index is 9.03. The summed E-state index contributed by atoms with van der Waals surface area (Å²) in [6, 6.07) is 6.79. The highest BCUT2D eigenvalue weighted by Gasteiger charge is 2.23. The van der Waals surface area contributed by atoms with E-state index in [4.69, 9.17) is 16.9 Å². The second kappa shape index (κ2) is 6.41. The van der Waals surface area contributed by atoms with Gasteiger partial charge in [-0.05, 0) is 50.3 Å². The predicted octanol–water partition coefficient (Wildman–Crippen LogP) is 4.31. The van der Waals surface area contributed by atoms with E-state index >= 15 is 0 Å². The Labute approximate surface area is 135 Å². The van der Waals surface area contributed by atoms with Crippen LogP contribution in [0, 0.1) is 18.3 Å². The number of nitriles is 1. The molecule has 1 aromatic heterocycles. The SMILES string of the molecule is Cc1c(NC2CCCC(n3ccnc3)C2)ccc(C#N)c1Cl. The molecule has 114 valence electrons. The van der Waals surface area contributed by atoms with E-state index in [1.165, 1.54) is 12.8 Å². The van der Waals surface area contributed by atoms with Crippen LogP contribution in [0.15, 0.2) is 30.9 Å². The van der Waals surface area contributed by atoms with Crippen LogP contribution in [0.4, 0.5) is 5.69 Å². The number of aromatic nitrogens is 2. The summed E-state index contributed by atoms with van der Waals surface area (Å²) in [5.41, 5.74) is 2.51. The van der Waals surface area contributed by atoms with E-state index in [0.29, 0.717) is 22.7 Å². The molecule has 2 unspecified atom stereocenters. The van der Waals surface area contributed by atoms with Crippen LogP contribution < -0.4 is 5.32 Å². The Bertz CT molecular complexity index is 687. The number of nitrogens with zero attached hydrogens (tertiary/aromatic N) is 3. The number of hydrogen-bond acceptors (Lipinski definition) is 3. The predicted molar refractivity (Wildman–Crippen MR) is 88.0 cm³/mol. The van der Waals surface area contributed by atoms with E-state index in [1.54, 1.807) is 6.07 Å². The third-order valence-electron chi connectivity index (χ3n) is 4.46. The van der Waals surface area contributed by atoms with Crippen molar-refractivity contribution in [3.8, 4) is 6.07 Å². The van der Waals surface area contributed by atoms with Crippen molar-refractivity contribution in [1.29, 1.82) is 5.26 Å². The van der Waals surface area contributed by atoms with Crippen molar-refractivity contribution in [2.45, 2.75) is 44.7 Å².